The van der Waals surface area contributed by atoms with E-state index in [2.05, 4.69) is 9.89 Å². The molecule has 0 aliphatic rings. The van der Waals surface area contributed by atoms with Crippen LogP contribution in [-0.2, 0) is 21.0 Å². The van der Waals surface area contributed by atoms with Gasteiger partial charge in [-0.25, -0.2) is 9.18 Å². The Hall–Kier alpha value is -2.11. The van der Waals surface area contributed by atoms with Gasteiger partial charge in [0.25, 0.3) is 0 Å². The van der Waals surface area contributed by atoms with Crippen LogP contribution in [0.1, 0.15) is 5.56 Å². The molecule has 0 aliphatic carbocycles. The number of esters is 1. The van der Waals surface area contributed by atoms with Crippen LogP contribution in [0.3, 0.4) is 0 Å². The summed E-state index contributed by atoms with van der Waals surface area (Å²) in [5.74, 6) is -1.42. The van der Waals surface area contributed by atoms with E-state index in [4.69, 9.17) is 4.84 Å². The lowest BCUT2D eigenvalue weighted by Gasteiger charge is -2.02. The quantitative estimate of drug-likeness (QED) is 0.477. The van der Waals surface area contributed by atoms with E-state index in [1.165, 1.54) is 19.2 Å². The Kier molecular flexibility index (Phi) is 4.26. The van der Waals surface area contributed by atoms with Crippen LogP contribution in [0, 0.1) is 5.82 Å². The van der Waals surface area contributed by atoms with E-state index in [1.54, 1.807) is 0 Å². The van der Waals surface area contributed by atoms with E-state index < -0.39 is 11.8 Å². The number of carbonyl (C=O) groups excluding carboxylic acids is 1. The number of aromatic hydroxyl groups is 1. The summed E-state index contributed by atoms with van der Waals surface area (Å²) in [6.45, 7) is -0.0698. The minimum Gasteiger partial charge on any atom is -0.507 e. The maximum Gasteiger partial charge on any atom is 0.352 e. The lowest BCUT2D eigenvalue weighted by atomic mass is 10.2. The smallest absolute Gasteiger partial charge is 0.352 e. The van der Waals surface area contributed by atoms with Crippen molar-refractivity contribution in [3.63, 3.8) is 0 Å². The third-order valence-corrected chi connectivity index (χ3v) is 1.70. The molecule has 0 saturated carbocycles. The lowest BCUT2D eigenvalue weighted by molar-refractivity contribution is -0.132. The van der Waals surface area contributed by atoms with E-state index in [9.17, 15) is 14.3 Å². The summed E-state index contributed by atoms with van der Waals surface area (Å²) in [6, 6.07) is 3.50. The topological polar surface area (TPSA) is 68.1 Å². The van der Waals surface area contributed by atoms with Crippen LogP contribution in [0.15, 0.2) is 23.4 Å². The van der Waals surface area contributed by atoms with Crippen molar-refractivity contribution in [2.75, 3.05) is 7.11 Å². The molecular formula is C10H10FNO4. The molecule has 0 spiro atoms. The molecule has 16 heavy (non-hydrogen) atoms. The molecule has 0 radical (unpaired) electrons. The summed E-state index contributed by atoms with van der Waals surface area (Å²) >= 11 is 0. The maximum atomic E-state index is 12.6. The number of nitrogens with zero attached hydrogens (tertiary/aromatic N) is 1. The van der Waals surface area contributed by atoms with Crippen LogP contribution in [0.4, 0.5) is 4.39 Å². The number of benzene rings is 1. The summed E-state index contributed by atoms with van der Waals surface area (Å²) < 4.78 is 16.9. The fourth-order valence-corrected chi connectivity index (χ4v) is 0.899. The van der Waals surface area contributed by atoms with Crippen molar-refractivity contribution in [3.8, 4) is 5.75 Å². The van der Waals surface area contributed by atoms with Gasteiger partial charge in [-0.05, 0) is 12.1 Å². The maximum absolute atomic E-state index is 12.6. The summed E-state index contributed by atoms with van der Waals surface area (Å²) in [7, 11) is 1.21. The normalized spacial score (nSPS) is 10.4. The number of carbonyl (C=O) groups is 1. The monoisotopic (exact) mass is 227 g/mol. The van der Waals surface area contributed by atoms with Crippen molar-refractivity contribution in [3.05, 3.63) is 29.6 Å². The molecule has 0 aromatic heterocycles. The van der Waals surface area contributed by atoms with E-state index in [0.717, 1.165) is 12.3 Å². The Morgan fingerprint density at radius 2 is 2.38 bits per heavy atom. The number of phenolic OH excluding ortho intramolecular Hbond substituents is 1. The molecule has 0 saturated heterocycles. The van der Waals surface area contributed by atoms with Gasteiger partial charge in [-0.2, -0.15) is 0 Å². The molecule has 0 heterocycles. The van der Waals surface area contributed by atoms with Gasteiger partial charge in [-0.3, -0.25) is 0 Å². The minimum atomic E-state index is -0.650. The second-order valence-corrected chi connectivity index (χ2v) is 2.80. The second-order valence-electron chi connectivity index (χ2n) is 2.80. The Balaban J connectivity index is 2.49. The third kappa shape index (κ3) is 3.56. The molecule has 0 amide bonds. The fraction of sp³-hybridized carbons (Fsp3) is 0.200. The molecule has 1 N–H and O–H groups in total. The van der Waals surface area contributed by atoms with Crippen molar-refractivity contribution in [1.29, 1.82) is 0 Å². The van der Waals surface area contributed by atoms with Crippen LogP contribution >= 0.6 is 0 Å². The van der Waals surface area contributed by atoms with Gasteiger partial charge in [0.15, 0.2) is 6.21 Å². The molecule has 0 atom stereocenters. The molecule has 0 fully saturated rings. The zero-order chi connectivity index (χ0) is 12.0. The highest BCUT2D eigenvalue weighted by Crippen LogP contribution is 2.18. The predicted octanol–water partition coefficient (Wildman–Crippen LogP) is 1.21. The third-order valence-electron chi connectivity index (χ3n) is 1.70. The largest absolute Gasteiger partial charge is 0.507 e. The van der Waals surface area contributed by atoms with Gasteiger partial charge < -0.3 is 14.7 Å². The molecule has 1 rings (SSSR count). The Morgan fingerprint density at radius 1 is 1.62 bits per heavy atom. The Morgan fingerprint density at radius 3 is 3.00 bits per heavy atom. The summed E-state index contributed by atoms with van der Waals surface area (Å²) in [5.41, 5.74) is 0.364. The van der Waals surface area contributed by atoms with Gasteiger partial charge in [0.05, 0.1) is 7.11 Å². The second kappa shape index (κ2) is 5.69. The molecule has 6 heteroatoms. The van der Waals surface area contributed by atoms with Crippen LogP contribution in [0.2, 0.25) is 0 Å². The zero-order valence-electron chi connectivity index (χ0n) is 8.51. The lowest BCUT2D eigenvalue weighted by Crippen LogP contribution is -2.01. The van der Waals surface area contributed by atoms with Gasteiger partial charge in [0.1, 0.15) is 18.2 Å². The number of rotatable bonds is 4. The number of phenols is 1. The molecule has 5 nitrogen and oxygen atoms in total. The highest BCUT2D eigenvalue weighted by molar-refractivity contribution is 6.22. The summed E-state index contributed by atoms with van der Waals surface area (Å²) in [6.07, 6.45) is 0.848. The van der Waals surface area contributed by atoms with Gasteiger partial charge >= 0.3 is 5.97 Å². The number of ether oxygens (including phenoxy) is 1. The van der Waals surface area contributed by atoms with E-state index in [0.29, 0.717) is 5.56 Å². The average molecular weight is 227 g/mol. The van der Waals surface area contributed by atoms with Gasteiger partial charge in [-0.1, -0.05) is 5.16 Å². The predicted molar refractivity (Wildman–Crippen MR) is 53.4 cm³/mol. The zero-order valence-corrected chi connectivity index (χ0v) is 8.51. The highest BCUT2D eigenvalue weighted by atomic mass is 19.1. The van der Waals surface area contributed by atoms with Crippen LogP contribution in [0.25, 0.3) is 0 Å². The van der Waals surface area contributed by atoms with Gasteiger partial charge in [0, 0.05) is 11.6 Å². The first-order valence-corrected chi connectivity index (χ1v) is 4.34. The summed E-state index contributed by atoms with van der Waals surface area (Å²) in [5, 5.41) is 12.6. The first-order chi connectivity index (χ1) is 7.63. The number of halogens is 1. The molecule has 1 aromatic carbocycles. The van der Waals surface area contributed by atoms with Crippen LogP contribution < -0.4 is 0 Å². The molecule has 0 bridgehead atoms. The highest BCUT2D eigenvalue weighted by Gasteiger charge is 2.02. The molecule has 0 aliphatic heterocycles. The van der Waals surface area contributed by atoms with E-state index in [1.807, 2.05) is 0 Å². The number of oxime groups is 1. The molecular weight excluding hydrogens is 217 g/mol. The van der Waals surface area contributed by atoms with Crippen LogP contribution in [0.5, 0.6) is 5.75 Å². The number of hydrogen-bond donors (Lipinski definition) is 1. The number of methoxy groups -OCH3 is 1. The standard InChI is InChI=1S/C10H10FNO4/c1-15-10(14)5-12-16-6-7-2-3-8(11)4-9(7)13/h2-5,13H,6H2,1H3. The Labute approximate surface area is 91.1 Å². The van der Waals surface area contributed by atoms with Crippen molar-refractivity contribution >= 4 is 12.2 Å². The molecule has 1 aromatic rings. The fourth-order valence-electron chi connectivity index (χ4n) is 0.899. The van der Waals surface area contributed by atoms with Crippen molar-refractivity contribution in [2.24, 2.45) is 5.16 Å². The van der Waals surface area contributed by atoms with Crippen molar-refractivity contribution in [2.45, 2.75) is 6.61 Å². The van der Waals surface area contributed by atoms with Gasteiger partial charge in [0.2, 0.25) is 0 Å². The minimum absolute atomic E-state index is 0.0698. The molecule has 86 valence electrons. The van der Waals surface area contributed by atoms with E-state index >= 15 is 0 Å². The summed E-state index contributed by atoms with van der Waals surface area (Å²) in [4.78, 5) is 15.3. The Bertz CT molecular complexity index is 406. The van der Waals surface area contributed by atoms with Crippen LogP contribution in [-0.4, -0.2) is 24.4 Å². The first kappa shape index (κ1) is 12.0. The molecule has 0 unspecified atom stereocenters. The average Bonchev–Trinajstić information content (AvgIpc) is 2.26. The van der Waals surface area contributed by atoms with Crippen molar-refractivity contribution in [1.82, 2.24) is 0 Å². The SMILES string of the molecule is COC(=O)C=NOCc1ccc(F)cc1O. The van der Waals surface area contributed by atoms with E-state index in [-0.39, 0.29) is 12.4 Å². The van der Waals surface area contributed by atoms with Gasteiger partial charge in [-0.15, -0.1) is 0 Å². The van der Waals surface area contributed by atoms with Crippen molar-refractivity contribution < 1.29 is 23.9 Å². The first-order valence-electron chi connectivity index (χ1n) is 4.34. The number of hydrogen-bond acceptors (Lipinski definition) is 5.